The van der Waals surface area contributed by atoms with Gasteiger partial charge in [-0.3, -0.25) is 0 Å². The normalized spacial score (nSPS) is 29.5. The van der Waals surface area contributed by atoms with Crippen molar-refractivity contribution in [3.8, 4) is 23.7 Å². The molecule has 2 aliphatic rings. The third-order valence-electron chi connectivity index (χ3n) is 7.84. The zero-order valence-electron chi connectivity index (χ0n) is 25.7. The summed E-state index contributed by atoms with van der Waals surface area (Å²) in [6.45, 7) is -0.363. The molecule has 2 heterocycles. The quantitative estimate of drug-likeness (QED) is 0.0593. The van der Waals surface area contributed by atoms with E-state index in [1.165, 1.54) is 0 Å². The number of hydrogen-bond acceptors (Lipinski definition) is 12. The van der Waals surface area contributed by atoms with Crippen molar-refractivity contribution in [2.75, 3.05) is 26.4 Å². The summed E-state index contributed by atoms with van der Waals surface area (Å²) in [5.41, 5.74) is 0. The van der Waals surface area contributed by atoms with Gasteiger partial charge in [-0.05, 0) is 37.5 Å². The highest BCUT2D eigenvalue weighted by atomic mass is 16.7. The smallest absolute Gasteiger partial charge is 0.186 e. The van der Waals surface area contributed by atoms with Gasteiger partial charge < -0.3 is 59.8 Å². The summed E-state index contributed by atoms with van der Waals surface area (Å²) < 4.78 is 21.6. The van der Waals surface area contributed by atoms with E-state index in [4.69, 9.17) is 29.2 Å². The van der Waals surface area contributed by atoms with Crippen molar-refractivity contribution in [2.45, 2.75) is 151 Å². The molecule has 12 nitrogen and oxygen atoms in total. The fraction of sp³-hybridized carbons (Fsp3) is 0.875. The van der Waals surface area contributed by atoms with Crippen LogP contribution < -0.4 is 0 Å². The van der Waals surface area contributed by atoms with E-state index in [1.54, 1.807) is 0 Å². The second-order valence-electron chi connectivity index (χ2n) is 11.5. The second-order valence-corrected chi connectivity index (χ2v) is 11.5. The number of ether oxygens (including phenoxy) is 4. The van der Waals surface area contributed by atoms with Crippen LogP contribution in [0.15, 0.2) is 0 Å². The van der Waals surface area contributed by atoms with Crippen molar-refractivity contribution in [3.05, 3.63) is 0 Å². The zero-order chi connectivity index (χ0) is 32.2. The number of aliphatic hydroxyl groups excluding tert-OH is 8. The molecule has 0 radical (unpaired) electrons. The molecule has 0 aromatic rings. The summed E-state index contributed by atoms with van der Waals surface area (Å²) in [6.07, 6.45) is 2.09. The average Bonchev–Trinajstić information content (AvgIpc) is 3.48. The standard InChI is InChI=1S/C32H54O12/c33-21-23(35)29-25(37)27(39)31(43-29)41-19-17-15-13-11-9-7-5-3-1-2-4-6-8-10-12-14-16-18-20-42-32-28(40)26(38)30(44-32)24(36)22-34/h23-40H,5-22H2/t23-,24-,25-,26-,27-,28-,29+,30+,31-,32-/m1/s1. The van der Waals surface area contributed by atoms with Crippen LogP contribution in [0.1, 0.15) is 89.9 Å². The largest absolute Gasteiger partial charge is 0.394 e. The molecule has 8 N–H and O–H groups in total. The molecule has 0 aliphatic carbocycles. The molecule has 2 rings (SSSR count). The van der Waals surface area contributed by atoms with E-state index in [-0.39, 0.29) is 0 Å². The van der Waals surface area contributed by atoms with Crippen molar-refractivity contribution in [2.24, 2.45) is 0 Å². The SMILES string of the molecule is OC[C@@H](O)[C@@H]1O[C@@H](OCCCCCCCCC#CC#CCCCCCCCCO[C@@H]2O[C@@H]([C@H](O)CO)[C@H](O)[C@H]2O)[C@H](O)[C@H]1O. The molecular weight excluding hydrogens is 576 g/mol. The second kappa shape index (κ2) is 23.0. The van der Waals surface area contributed by atoms with Gasteiger partial charge in [-0.2, -0.15) is 0 Å². The van der Waals surface area contributed by atoms with E-state index in [1.807, 2.05) is 0 Å². The van der Waals surface area contributed by atoms with E-state index in [0.29, 0.717) is 13.2 Å². The van der Waals surface area contributed by atoms with Gasteiger partial charge in [0.2, 0.25) is 0 Å². The summed E-state index contributed by atoms with van der Waals surface area (Å²) >= 11 is 0. The van der Waals surface area contributed by atoms with Gasteiger partial charge in [0.05, 0.1) is 13.2 Å². The zero-order valence-corrected chi connectivity index (χ0v) is 25.7. The third kappa shape index (κ3) is 14.0. The van der Waals surface area contributed by atoms with Gasteiger partial charge in [0.1, 0.15) is 48.8 Å². The number of aliphatic hydroxyl groups is 8. The summed E-state index contributed by atoms with van der Waals surface area (Å²) in [4.78, 5) is 0. The maximum absolute atomic E-state index is 9.96. The van der Waals surface area contributed by atoms with Gasteiger partial charge in [-0.25, -0.2) is 0 Å². The van der Waals surface area contributed by atoms with Crippen LogP contribution in [0.5, 0.6) is 0 Å². The predicted octanol–water partition coefficient (Wildman–Crippen LogP) is 0.0876. The van der Waals surface area contributed by atoms with Crippen molar-refractivity contribution < 1.29 is 59.8 Å². The molecule has 0 bridgehead atoms. The third-order valence-corrected chi connectivity index (χ3v) is 7.84. The Bertz CT molecular complexity index is 797. The van der Waals surface area contributed by atoms with E-state index >= 15 is 0 Å². The highest BCUT2D eigenvalue weighted by Crippen LogP contribution is 2.26. The Morgan fingerprint density at radius 3 is 1.20 bits per heavy atom. The van der Waals surface area contributed by atoms with Gasteiger partial charge in [0, 0.05) is 26.1 Å². The molecule has 0 spiro atoms. The van der Waals surface area contributed by atoms with Crippen molar-refractivity contribution in [1.82, 2.24) is 0 Å². The van der Waals surface area contributed by atoms with E-state index in [0.717, 1.165) is 89.9 Å². The first-order valence-electron chi connectivity index (χ1n) is 16.1. The Morgan fingerprint density at radius 2 is 0.841 bits per heavy atom. The molecule has 44 heavy (non-hydrogen) atoms. The van der Waals surface area contributed by atoms with E-state index < -0.39 is 74.6 Å². The van der Waals surface area contributed by atoms with Crippen molar-refractivity contribution in [1.29, 1.82) is 0 Å². The van der Waals surface area contributed by atoms with Crippen LogP contribution in [0.3, 0.4) is 0 Å². The van der Waals surface area contributed by atoms with Crippen LogP contribution in [0.4, 0.5) is 0 Å². The Labute approximate surface area is 261 Å². The summed E-state index contributed by atoms with van der Waals surface area (Å²) in [5, 5.41) is 76.9. The van der Waals surface area contributed by atoms with Gasteiger partial charge in [-0.15, -0.1) is 0 Å². The summed E-state index contributed by atoms with van der Waals surface area (Å²) in [7, 11) is 0. The lowest BCUT2D eigenvalue weighted by Crippen LogP contribution is -2.40. The van der Waals surface area contributed by atoms with Crippen molar-refractivity contribution >= 4 is 0 Å². The van der Waals surface area contributed by atoms with E-state index in [9.17, 15) is 30.6 Å². The van der Waals surface area contributed by atoms with Crippen LogP contribution in [0, 0.1) is 23.7 Å². The number of hydrogen-bond donors (Lipinski definition) is 8. The fourth-order valence-corrected chi connectivity index (χ4v) is 5.12. The van der Waals surface area contributed by atoms with Crippen LogP contribution in [-0.4, -0.2) is 129 Å². The summed E-state index contributed by atoms with van der Waals surface area (Å²) in [5.74, 6) is 12.1. The predicted molar refractivity (Wildman–Crippen MR) is 160 cm³/mol. The lowest BCUT2D eigenvalue weighted by atomic mass is 10.1. The van der Waals surface area contributed by atoms with Crippen LogP contribution in [-0.2, 0) is 18.9 Å². The Balaban J connectivity index is 1.34. The molecule has 2 fully saturated rings. The van der Waals surface area contributed by atoms with Gasteiger partial charge in [0.25, 0.3) is 0 Å². The minimum absolute atomic E-state index is 0.383. The molecular formula is C32H54O12. The molecule has 0 aromatic heterocycles. The van der Waals surface area contributed by atoms with Gasteiger partial charge >= 0.3 is 0 Å². The highest BCUT2D eigenvalue weighted by Gasteiger charge is 2.47. The van der Waals surface area contributed by atoms with Crippen LogP contribution >= 0.6 is 0 Å². The van der Waals surface area contributed by atoms with Crippen LogP contribution in [0.2, 0.25) is 0 Å². The topological polar surface area (TPSA) is 199 Å². The van der Waals surface area contributed by atoms with E-state index in [2.05, 4.69) is 23.7 Å². The lowest BCUT2D eigenvalue weighted by molar-refractivity contribution is -0.181. The van der Waals surface area contributed by atoms with Gasteiger partial charge in [-0.1, -0.05) is 63.2 Å². The van der Waals surface area contributed by atoms with Crippen molar-refractivity contribution in [3.63, 3.8) is 0 Å². The fourth-order valence-electron chi connectivity index (χ4n) is 5.12. The molecule has 2 aliphatic heterocycles. The Hall–Kier alpha value is -1.36. The first-order chi connectivity index (χ1) is 21.3. The monoisotopic (exact) mass is 630 g/mol. The first-order valence-corrected chi connectivity index (χ1v) is 16.1. The van der Waals surface area contributed by atoms with Gasteiger partial charge in [0.15, 0.2) is 12.6 Å². The Morgan fingerprint density at radius 1 is 0.500 bits per heavy atom. The minimum atomic E-state index is -1.29. The minimum Gasteiger partial charge on any atom is -0.394 e. The molecule has 0 unspecified atom stereocenters. The number of rotatable bonds is 22. The molecule has 0 aromatic carbocycles. The number of unbranched alkanes of at least 4 members (excludes halogenated alkanes) is 12. The highest BCUT2D eigenvalue weighted by molar-refractivity contribution is 5.25. The maximum atomic E-state index is 9.96. The molecule has 0 amide bonds. The molecule has 10 atom stereocenters. The maximum Gasteiger partial charge on any atom is 0.186 e. The molecule has 254 valence electrons. The lowest BCUT2D eigenvalue weighted by Gasteiger charge is -2.18. The Kier molecular flexibility index (Phi) is 20.3. The van der Waals surface area contributed by atoms with Crippen LogP contribution in [0.25, 0.3) is 0 Å². The molecule has 0 saturated carbocycles. The first kappa shape index (κ1) is 38.8. The summed E-state index contributed by atoms with van der Waals surface area (Å²) in [6, 6.07) is 0. The average molecular weight is 631 g/mol. The molecule has 12 heteroatoms. The molecule has 2 saturated heterocycles.